The minimum Gasteiger partial charge on any atom is -0.303 e. The quantitative estimate of drug-likeness (QED) is 0.414. The molecule has 0 aromatic carbocycles. The van der Waals surface area contributed by atoms with Gasteiger partial charge in [0.25, 0.3) is 0 Å². The normalized spacial score (nSPS) is 20.2. The molecule has 1 nitrogen and oxygen atoms in total. The Morgan fingerprint density at radius 3 is 1.89 bits per heavy atom. The Kier molecular flexibility index (Phi) is 10.5. The molecule has 0 saturated carbocycles. The lowest BCUT2D eigenvalue weighted by Gasteiger charge is -2.15. The van der Waals surface area contributed by atoms with Crippen LogP contribution in [0.2, 0.25) is 0 Å². The summed E-state index contributed by atoms with van der Waals surface area (Å²) in [5.41, 5.74) is 0. The van der Waals surface area contributed by atoms with Gasteiger partial charge in [-0.2, -0.15) is 0 Å². The van der Waals surface area contributed by atoms with Crippen LogP contribution in [-0.2, 0) is 0 Å². The maximum atomic E-state index is 2.69. The van der Waals surface area contributed by atoms with Gasteiger partial charge in [-0.15, -0.1) is 0 Å². The summed E-state index contributed by atoms with van der Waals surface area (Å²) in [6.07, 6.45) is 17.4. The summed E-state index contributed by atoms with van der Waals surface area (Å²) >= 11 is 0. The predicted molar refractivity (Wildman–Crippen MR) is 86.7 cm³/mol. The Labute approximate surface area is 122 Å². The van der Waals surface area contributed by atoms with Crippen LogP contribution >= 0.6 is 0 Å². The van der Waals surface area contributed by atoms with Gasteiger partial charge in [0, 0.05) is 6.54 Å². The molecule has 0 aromatic rings. The second-order valence-corrected chi connectivity index (χ2v) is 6.55. The van der Waals surface area contributed by atoms with Crippen LogP contribution in [0.1, 0.15) is 90.9 Å². The molecule has 0 radical (unpaired) electrons. The lowest BCUT2D eigenvalue weighted by atomic mass is 10.1. The van der Waals surface area contributed by atoms with Gasteiger partial charge in [-0.05, 0) is 31.8 Å². The van der Waals surface area contributed by atoms with Gasteiger partial charge in [0.1, 0.15) is 0 Å². The van der Waals surface area contributed by atoms with E-state index in [1.807, 2.05) is 0 Å². The molecule has 0 aromatic heterocycles. The maximum absolute atomic E-state index is 2.69. The van der Waals surface area contributed by atoms with Gasteiger partial charge in [0.15, 0.2) is 0 Å². The smallest absolute Gasteiger partial charge is 0.00100 e. The number of rotatable bonds is 12. The predicted octanol–water partition coefficient (Wildman–Crippen LogP) is 5.64. The van der Waals surface area contributed by atoms with Gasteiger partial charge in [-0.3, -0.25) is 0 Å². The molecule has 1 aliphatic heterocycles. The van der Waals surface area contributed by atoms with E-state index in [2.05, 4.69) is 18.7 Å². The Bertz CT molecular complexity index is 190. The first-order chi connectivity index (χ1) is 9.36. The van der Waals surface area contributed by atoms with Crippen molar-refractivity contribution in [2.45, 2.75) is 90.9 Å². The summed E-state index contributed by atoms with van der Waals surface area (Å²) in [6, 6.07) is 0. The lowest BCUT2D eigenvalue weighted by Crippen LogP contribution is -2.21. The Morgan fingerprint density at radius 1 is 0.789 bits per heavy atom. The zero-order valence-electron chi connectivity index (χ0n) is 13.6. The second kappa shape index (κ2) is 11.8. The fourth-order valence-electron chi connectivity index (χ4n) is 3.27. The van der Waals surface area contributed by atoms with Crippen molar-refractivity contribution in [1.82, 2.24) is 4.90 Å². The molecule has 0 N–H and O–H groups in total. The molecule has 0 spiro atoms. The van der Waals surface area contributed by atoms with Crippen LogP contribution in [0.4, 0.5) is 0 Å². The van der Waals surface area contributed by atoms with Crippen molar-refractivity contribution in [3.8, 4) is 0 Å². The Morgan fingerprint density at radius 2 is 1.37 bits per heavy atom. The Balaban J connectivity index is 1.77. The summed E-state index contributed by atoms with van der Waals surface area (Å²) in [6.45, 7) is 8.76. The molecule has 1 heteroatoms. The van der Waals surface area contributed by atoms with Crippen LogP contribution in [0.5, 0.6) is 0 Å². The van der Waals surface area contributed by atoms with Crippen molar-refractivity contribution in [2.75, 3.05) is 19.6 Å². The van der Waals surface area contributed by atoms with Gasteiger partial charge in [0.05, 0.1) is 0 Å². The molecule has 1 unspecified atom stereocenters. The van der Waals surface area contributed by atoms with Crippen molar-refractivity contribution in [2.24, 2.45) is 5.92 Å². The summed E-state index contributed by atoms with van der Waals surface area (Å²) in [4.78, 5) is 2.69. The van der Waals surface area contributed by atoms with E-state index in [4.69, 9.17) is 0 Å². The van der Waals surface area contributed by atoms with E-state index < -0.39 is 0 Å². The van der Waals surface area contributed by atoms with Gasteiger partial charge in [-0.25, -0.2) is 0 Å². The van der Waals surface area contributed by atoms with Crippen LogP contribution in [0.3, 0.4) is 0 Å². The second-order valence-electron chi connectivity index (χ2n) is 6.55. The molecular formula is C18H37N. The molecule has 0 bridgehead atoms. The minimum absolute atomic E-state index is 1.00. The van der Waals surface area contributed by atoms with Crippen molar-refractivity contribution >= 4 is 0 Å². The highest BCUT2D eigenvalue weighted by Crippen LogP contribution is 2.19. The molecule has 1 rings (SSSR count). The van der Waals surface area contributed by atoms with Gasteiger partial charge >= 0.3 is 0 Å². The summed E-state index contributed by atoms with van der Waals surface area (Å²) in [7, 11) is 0. The molecule has 0 aliphatic carbocycles. The van der Waals surface area contributed by atoms with E-state index in [0.29, 0.717) is 0 Å². The fourth-order valence-corrected chi connectivity index (χ4v) is 3.27. The third-order valence-corrected chi connectivity index (χ3v) is 4.78. The van der Waals surface area contributed by atoms with Crippen molar-refractivity contribution in [3.63, 3.8) is 0 Å². The van der Waals surface area contributed by atoms with E-state index in [0.717, 1.165) is 5.92 Å². The summed E-state index contributed by atoms with van der Waals surface area (Å²) in [5, 5.41) is 0. The SMILES string of the molecule is CCCCCCCCCCCCN1CCC(CC)C1. The standard InChI is InChI=1S/C18H37N/c1-3-5-6-7-8-9-10-11-12-13-15-19-16-14-18(4-2)17-19/h18H,3-17H2,1-2H3. The van der Waals surface area contributed by atoms with E-state index >= 15 is 0 Å². The van der Waals surface area contributed by atoms with E-state index in [1.54, 1.807) is 0 Å². The molecule has 19 heavy (non-hydrogen) atoms. The minimum atomic E-state index is 1.00. The summed E-state index contributed by atoms with van der Waals surface area (Å²) in [5.74, 6) is 1.00. The average Bonchev–Trinajstić information content (AvgIpc) is 2.89. The first-order valence-corrected chi connectivity index (χ1v) is 9.09. The first kappa shape index (κ1) is 17.0. The zero-order chi connectivity index (χ0) is 13.8. The number of unbranched alkanes of at least 4 members (excludes halogenated alkanes) is 9. The van der Waals surface area contributed by atoms with E-state index in [1.165, 1.54) is 96.7 Å². The number of hydrogen-bond donors (Lipinski definition) is 0. The highest BCUT2D eigenvalue weighted by atomic mass is 15.1. The topological polar surface area (TPSA) is 3.24 Å². The monoisotopic (exact) mass is 267 g/mol. The van der Waals surface area contributed by atoms with Crippen LogP contribution in [0, 0.1) is 5.92 Å². The third-order valence-electron chi connectivity index (χ3n) is 4.78. The van der Waals surface area contributed by atoms with E-state index in [9.17, 15) is 0 Å². The summed E-state index contributed by atoms with van der Waals surface area (Å²) < 4.78 is 0. The molecule has 1 heterocycles. The average molecular weight is 268 g/mol. The molecule has 1 aliphatic rings. The molecule has 1 saturated heterocycles. The molecule has 1 atom stereocenters. The van der Waals surface area contributed by atoms with Crippen LogP contribution < -0.4 is 0 Å². The van der Waals surface area contributed by atoms with Gasteiger partial charge in [-0.1, -0.05) is 78.1 Å². The van der Waals surface area contributed by atoms with Gasteiger partial charge in [0.2, 0.25) is 0 Å². The number of hydrogen-bond acceptors (Lipinski definition) is 1. The van der Waals surface area contributed by atoms with Gasteiger partial charge < -0.3 is 4.90 Å². The molecule has 114 valence electrons. The third kappa shape index (κ3) is 8.68. The number of likely N-dealkylation sites (tertiary alicyclic amines) is 1. The number of nitrogens with zero attached hydrogens (tertiary/aromatic N) is 1. The maximum Gasteiger partial charge on any atom is 0.00100 e. The van der Waals surface area contributed by atoms with E-state index in [-0.39, 0.29) is 0 Å². The van der Waals surface area contributed by atoms with Crippen LogP contribution in [0.25, 0.3) is 0 Å². The van der Waals surface area contributed by atoms with Crippen molar-refractivity contribution < 1.29 is 0 Å². The first-order valence-electron chi connectivity index (χ1n) is 9.09. The lowest BCUT2D eigenvalue weighted by molar-refractivity contribution is 0.313. The highest BCUT2D eigenvalue weighted by Gasteiger charge is 2.19. The largest absolute Gasteiger partial charge is 0.303 e. The zero-order valence-corrected chi connectivity index (χ0v) is 13.6. The fraction of sp³-hybridized carbons (Fsp3) is 1.00. The van der Waals surface area contributed by atoms with Crippen molar-refractivity contribution in [3.05, 3.63) is 0 Å². The highest BCUT2D eigenvalue weighted by molar-refractivity contribution is 4.74. The van der Waals surface area contributed by atoms with Crippen LogP contribution in [-0.4, -0.2) is 24.5 Å². The van der Waals surface area contributed by atoms with Crippen LogP contribution in [0.15, 0.2) is 0 Å². The Hall–Kier alpha value is -0.0400. The van der Waals surface area contributed by atoms with Crippen molar-refractivity contribution in [1.29, 1.82) is 0 Å². The molecule has 1 fully saturated rings. The molecule has 0 amide bonds. The molecular weight excluding hydrogens is 230 g/mol.